The lowest BCUT2D eigenvalue weighted by atomic mass is 9.47. The molecule has 0 bridgehead atoms. The van der Waals surface area contributed by atoms with Crippen LogP contribution in [-0.4, -0.2) is 181 Å². The summed E-state index contributed by atoms with van der Waals surface area (Å²) in [6, 6.07) is 0. The summed E-state index contributed by atoms with van der Waals surface area (Å²) in [7, 11) is 0. The summed E-state index contributed by atoms with van der Waals surface area (Å²) in [6.07, 6.45) is -15.0. The van der Waals surface area contributed by atoms with Gasteiger partial charge in [0.15, 0.2) is 30.9 Å². The van der Waals surface area contributed by atoms with E-state index in [2.05, 4.69) is 33.8 Å². The lowest BCUT2D eigenvalue weighted by molar-refractivity contribution is -0.400. The third kappa shape index (κ3) is 7.48. The summed E-state index contributed by atoms with van der Waals surface area (Å²) in [5, 5.41) is 105. The number of hydrogen-bond donors (Lipinski definition) is 10. The van der Waals surface area contributed by atoms with Crippen LogP contribution in [0, 0.1) is 46.3 Å². The van der Waals surface area contributed by atoms with Crippen molar-refractivity contribution in [2.45, 2.75) is 196 Å². The van der Waals surface area contributed by atoms with Gasteiger partial charge in [-0.1, -0.05) is 39.3 Å². The van der Waals surface area contributed by atoms with Crippen LogP contribution in [0.5, 0.6) is 0 Å². The molecular formula is C44H70O18. The van der Waals surface area contributed by atoms with Crippen LogP contribution in [0.25, 0.3) is 0 Å². The fourth-order valence-corrected chi connectivity index (χ4v) is 13.8. The number of allylic oxidation sites excluding steroid dienone is 1. The summed E-state index contributed by atoms with van der Waals surface area (Å²) in [4.78, 5) is 0. The minimum absolute atomic E-state index is 0.0634. The van der Waals surface area contributed by atoms with E-state index in [4.69, 9.17) is 37.9 Å². The van der Waals surface area contributed by atoms with Crippen LogP contribution >= 0.6 is 0 Å². The van der Waals surface area contributed by atoms with Crippen molar-refractivity contribution in [2.75, 3.05) is 19.8 Å². The smallest absolute Gasteiger partial charge is 0.189 e. The molecule has 8 fully saturated rings. The molecule has 26 atom stereocenters. The Bertz CT molecular complexity index is 1610. The molecule has 4 aliphatic carbocycles. The van der Waals surface area contributed by atoms with Gasteiger partial charge in [-0.25, -0.2) is 0 Å². The Balaban J connectivity index is 0.917. The van der Waals surface area contributed by atoms with Crippen molar-refractivity contribution in [1.82, 2.24) is 0 Å². The number of aliphatic hydroxyl groups excluding tert-OH is 10. The van der Waals surface area contributed by atoms with Gasteiger partial charge in [-0.05, 0) is 91.8 Å². The standard InChI is InChI=1S/C44H70O18/c1-18-7-12-44(55-17-18)19(2)28-25(62-44)14-24-22-6-5-20-13-21(8-10-42(20,3)23(22)9-11-43(24,28)4)56-41-37(60-40-34(52)31(49)32(50)38(54)61-40)35(53)36(27(16-46)58-41)59-39-33(51)30(48)29(47)26(15-45)57-39/h5,18-19,21-41,45-54H,6-17H2,1-4H3/t18-,19+,21?,22-,23+,24+,25-,26-,27-,28-,29-,30+,31-,32-,33-,34-,35+,36-,37-,38-,39-,40+,41-,42+,43+,44-/m1/s1. The van der Waals surface area contributed by atoms with Crippen molar-refractivity contribution < 1.29 is 89.0 Å². The molecule has 0 aromatic heterocycles. The quantitative estimate of drug-likeness (QED) is 0.133. The first-order chi connectivity index (χ1) is 29.4. The van der Waals surface area contributed by atoms with Crippen molar-refractivity contribution in [3.63, 3.8) is 0 Å². The zero-order valence-corrected chi connectivity index (χ0v) is 36.1. The molecule has 0 aromatic rings. The Hall–Kier alpha value is -0.980. The third-order valence-electron chi connectivity index (χ3n) is 17.4. The normalized spacial score (nSPS) is 57.6. The molecule has 18 nitrogen and oxygen atoms in total. The maximum absolute atomic E-state index is 11.9. The van der Waals surface area contributed by atoms with Gasteiger partial charge in [0.25, 0.3) is 0 Å². The largest absolute Gasteiger partial charge is 0.394 e. The molecular weight excluding hydrogens is 816 g/mol. The Morgan fingerprint density at radius 1 is 0.677 bits per heavy atom. The molecule has 354 valence electrons. The van der Waals surface area contributed by atoms with E-state index in [0.717, 1.165) is 51.6 Å². The van der Waals surface area contributed by atoms with Crippen LogP contribution in [0.1, 0.15) is 85.5 Å². The highest BCUT2D eigenvalue weighted by atomic mass is 16.8. The fourth-order valence-electron chi connectivity index (χ4n) is 13.8. The topological polar surface area (TPSA) is 276 Å². The number of rotatable bonds is 8. The Labute approximate surface area is 362 Å². The second-order valence-corrected chi connectivity index (χ2v) is 20.8. The first kappa shape index (κ1) is 46.1. The molecule has 9 aliphatic rings. The van der Waals surface area contributed by atoms with Gasteiger partial charge in [0, 0.05) is 12.3 Å². The molecule has 3 saturated carbocycles. The van der Waals surface area contributed by atoms with Crippen LogP contribution in [0.4, 0.5) is 0 Å². The Morgan fingerprint density at radius 3 is 2.05 bits per heavy atom. The first-order valence-electron chi connectivity index (χ1n) is 23.0. The van der Waals surface area contributed by atoms with Crippen molar-refractivity contribution in [3.8, 4) is 0 Å². The molecule has 1 spiro atoms. The second-order valence-electron chi connectivity index (χ2n) is 20.8. The van der Waals surface area contributed by atoms with Crippen molar-refractivity contribution in [1.29, 1.82) is 0 Å². The molecule has 0 radical (unpaired) electrons. The predicted octanol–water partition coefficient (Wildman–Crippen LogP) is -0.856. The molecule has 62 heavy (non-hydrogen) atoms. The van der Waals surface area contributed by atoms with E-state index in [0.29, 0.717) is 48.3 Å². The lowest BCUT2D eigenvalue weighted by Crippen LogP contribution is -2.67. The zero-order chi connectivity index (χ0) is 44.2. The molecule has 5 saturated heterocycles. The van der Waals surface area contributed by atoms with E-state index in [-0.39, 0.29) is 16.9 Å². The monoisotopic (exact) mass is 886 g/mol. The number of ether oxygens (including phenoxy) is 8. The van der Waals surface area contributed by atoms with Gasteiger partial charge in [-0.15, -0.1) is 0 Å². The van der Waals surface area contributed by atoms with Gasteiger partial charge >= 0.3 is 0 Å². The Kier molecular flexibility index (Phi) is 12.9. The van der Waals surface area contributed by atoms with Gasteiger partial charge in [0.1, 0.15) is 67.1 Å². The number of fused-ring (bicyclic) bond motifs is 7. The summed E-state index contributed by atoms with van der Waals surface area (Å²) < 4.78 is 49.1. The molecule has 1 unspecified atom stereocenters. The summed E-state index contributed by atoms with van der Waals surface area (Å²) in [5.74, 6) is 2.46. The highest BCUT2D eigenvalue weighted by Gasteiger charge is 2.69. The maximum atomic E-state index is 11.9. The first-order valence-corrected chi connectivity index (χ1v) is 23.0. The van der Waals surface area contributed by atoms with E-state index in [1.54, 1.807) is 0 Å². The molecule has 0 aromatic carbocycles. The van der Waals surface area contributed by atoms with E-state index >= 15 is 0 Å². The minimum Gasteiger partial charge on any atom is -0.394 e. The predicted molar refractivity (Wildman–Crippen MR) is 211 cm³/mol. The second kappa shape index (κ2) is 17.3. The van der Waals surface area contributed by atoms with Crippen LogP contribution in [0.15, 0.2) is 11.6 Å². The fraction of sp³-hybridized carbons (Fsp3) is 0.955. The van der Waals surface area contributed by atoms with Gasteiger partial charge in [0.05, 0.1) is 32.0 Å². The number of hydrogen-bond acceptors (Lipinski definition) is 18. The average Bonchev–Trinajstić information content (AvgIpc) is 3.70. The highest BCUT2D eigenvalue weighted by molar-refractivity contribution is 5.26. The molecule has 10 N–H and O–H groups in total. The maximum Gasteiger partial charge on any atom is 0.189 e. The van der Waals surface area contributed by atoms with Crippen molar-refractivity contribution >= 4 is 0 Å². The summed E-state index contributed by atoms with van der Waals surface area (Å²) >= 11 is 0. The summed E-state index contributed by atoms with van der Waals surface area (Å²) in [6.45, 7) is 8.81. The van der Waals surface area contributed by atoms with Gasteiger partial charge < -0.3 is 89.0 Å². The minimum atomic E-state index is -1.97. The van der Waals surface area contributed by atoms with E-state index in [1.165, 1.54) is 5.57 Å². The summed E-state index contributed by atoms with van der Waals surface area (Å²) in [5.41, 5.74) is 1.41. The zero-order valence-electron chi connectivity index (χ0n) is 36.1. The molecule has 18 heteroatoms. The lowest BCUT2D eigenvalue weighted by Gasteiger charge is -2.58. The van der Waals surface area contributed by atoms with Crippen molar-refractivity contribution in [2.24, 2.45) is 46.3 Å². The van der Waals surface area contributed by atoms with E-state index in [1.807, 2.05) is 0 Å². The highest BCUT2D eigenvalue weighted by Crippen LogP contribution is 2.70. The van der Waals surface area contributed by atoms with Gasteiger partial charge in [-0.2, -0.15) is 0 Å². The van der Waals surface area contributed by atoms with Crippen LogP contribution in [0.2, 0.25) is 0 Å². The molecule has 9 rings (SSSR count). The van der Waals surface area contributed by atoms with E-state index in [9.17, 15) is 51.1 Å². The number of aliphatic hydroxyl groups is 10. The average molecular weight is 887 g/mol. The van der Waals surface area contributed by atoms with Gasteiger partial charge in [0.2, 0.25) is 0 Å². The van der Waals surface area contributed by atoms with E-state index < -0.39 is 117 Å². The Morgan fingerprint density at radius 2 is 1.35 bits per heavy atom. The molecule has 0 amide bonds. The van der Waals surface area contributed by atoms with Crippen LogP contribution in [-0.2, 0) is 37.9 Å². The van der Waals surface area contributed by atoms with Crippen LogP contribution < -0.4 is 0 Å². The van der Waals surface area contributed by atoms with Gasteiger partial charge in [-0.3, -0.25) is 0 Å². The van der Waals surface area contributed by atoms with Crippen LogP contribution in [0.3, 0.4) is 0 Å². The molecule has 5 heterocycles. The SMILES string of the molecule is C[C@@H]1CC[C@@]2(OC1)O[C@@H]1C[C@H]3[C@@H]4CC=C5CC(O[C@@H]6O[C@H](CO)[C@@H](O[C@H]7O[C@H](CO)[C@@H](O)[C@H](O)[C@H]7O)[C@H](O)[C@H]6O[C@H]6O[C@@H](O)[C@H](O)[C@@H](O)[C@H]6O)CC[C@]5(C)[C@H]4CC[C@]3(C)[C@@H]1[C@@H]2C. The molecule has 5 aliphatic heterocycles. The third-order valence-corrected chi connectivity index (χ3v) is 17.4. The van der Waals surface area contributed by atoms with Crippen molar-refractivity contribution in [3.05, 3.63) is 11.6 Å².